The molecule has 0 heterocycles. The van der Waals surface area contributed by atoms with Crippen LogP contribution in [0.25, 0.3) is 0 Å². The maximum Gasteiger partial charge on any atom is 0.119 e. The normalized spacial score (nSPS) is 12.4. The Kier molecular flexibility index (Phi) is 6.67. The van der Waals surface area contributed by atoms with E-state index in [1.54, 1.807) is 7.11 Å². The van der Waals surface area contributed by atoms with Crippen LogP contribution in [-0.4, -0.2) is 26.9 Å². The van der Waals surface area contributed by atoms with E-state index in [0.717, 1.165) is 25.3 Å². The summed E-state index contributed by atoms with van der Waals surface area (Å²) < 4.78 is 10.4. The Morgan fingerprint density at radius 1 is 1.24 bits per heavy atom. The van der Waals surface area contributed by atoms with Crippen LogP contribution in [0.5, 0.6) is 5.75 Å². The summed E-state index contributed by atoms with van der Waals surface area (Å²) in [5.41, 5.74) is 1.28. The predicted octanol–water partition coefficient (Wildman–Crippen LogP) is 2.77. The minimum Gasteiger partial charge on any atom is -0.494 e. The van der Waals surface area contributed by atoms with Crippen molar-refractivity contribution in [2.24, 2.45) is 0 Å². The highest BCUT2D eigenvalue weighted by Gasteiger charge is 2.04. The summed E-state index contributed by atoms with van der Waals surface area (Å²) in [6.45, 7) is 6.66. The second-order valence-corrected chi connectivity index (χ2v) is 4.02. The molecule has 0 aliphatic carbocycles. The van der Waals surface area contributed by atoms with Crippen LogP contribution in [0.15, 0.2) is 24.3 Å². The number of methoxy groups -OCH3 is 1. The summed E-state index contributed by atoms with van der Waals surface area (Å²) in [7, 11) is 1.73. The van der Waals surface area contributed by atoms with Crippen LogP contribution >= 0.6 is 0 Å². The van der Waals surface area contributed by atoms with Crippen molar-refractivity contribution in [3.05, 3.63) is 29.8 Å². The van der Waals surface area contributed by atoms with Crippen molar-refractivity contribution in [1.29, 1.82) is 0 Å². The Balaban J connectivity index is 2.37. The first-order valence-electron chi connectivity index (χ1n) is 6.23. The first-order chi connectivity index (χ1) is 8.27. The molecule has 0 bridgehead atoms. The molecule has 1 aromatic carbocycles. The van der Waals surface area contributed by atoms with Gasteiger partial charge in [0.15, 0.2) is 0 Å². The van der Waals surface area contributed by atoms with Crippen molar-refractivity contribution >= 4 is 0 Å². The van der Waals surface area contributed by atoms with Crippen molar-refractivity contribution in [2.45, 2.75) is 26.3 Å². The van der Waals surface area contributed by atoms with Gasteiger partial charge in [-0.25, -0.2) is 0 Å². The Morgan fingerprint density at radius 3 is 2.53 bits per heavy atom. The Bertz CT molecular complexity index is 298. The van der Waals surface area contributed by atoms with Crippen LogP contribution in [0.4, 0.5) is 0 Å². The van der Waals surface area contributed by atoms with E-state index in [1.165, 1.54) is 5.56 Å². The molecule has 1 N–H and O–H groups in total. The second kappa shape index (κ2) is 8.09. The van der Waals surface area contributed by atoms with Gasteiger partial charge in [-0.1, -0.05) is 12.1 Å². The van der Waals surface area contributed by atoms with Crippen LogP contribution in [-0.2, 0) is 4.74 Å². The van der Waals surface area contributed by atoms with Crippen molar-refractivity contribution in [2.75, 3.05) is 26.9 Å². The van der Waals surface area contributed by atoms with Gasteiger partial charge in [-0.05, 0) is 44.5 Å². The smallest absolute Gasteiger partial charge is 0.119 e. The van der Waals surface area contributed by atoms with Gasteiger partial charge in [-0.15, -0.1) is 0 Å². The number of benzene rings is 1. The lowest BCUT2D eigenvalue weighted by molar-refractivity contribution is 0.193. The van der Waals surface area contributed by atoms with Crippen molar-refractivity contribution < 1.29 is 9.47 Å². The van der Waals surface area contributed by atoms with Gasteiger partial charge in [0.2, 0.25) is 0 Å². The van der Waals surface area contributed by atoms with E-state index in [2.05, 4.69) is 24.4 Å². The number of nitrogens with one attached hydrogen (secondary N) is 1. The highest BCUT2D eigenvalue weighted by molar-refractivity contribution is 5.28. The lowest BCUT2D eigenvalue weighted by Crippen LogP contribution is -2.20. The molecule has 0 amide bonds. The fourth-order valence-electron chi connectivity index (χ4n) is 1.67. The number of rotatable bonds is 8. The topological polar surface area (TPSA) is 30.5 Å². The van der Waals surface area contributed by atoms with Gasteiger partial charge in [0.25, 0.3) is 0 Å². The molecule has 0 saturated heterocycles. The van der Waals surface area contributed by atoms with Crippen LogP contribution in [0.2, 0.25) is 0 Å². The molecule has 3 nitrogen and oxygen atoms in total. The first-order valence-corrected chi connectivity index (χ1v) is 6.23. The Labute approximate surface area is 104 Å². The lowest BCUT2D eigenvalue weighted by Gasteiger charge is -2.14. The molecule has 17 heavy (non-hydrogen) atoms. The zero-order chi connectivity index (χ0) is 12.5. The van der Waals surface area contributed by atoms with Crippen LogP contribution in [0.3, 0.4) is 0 Å². The molecule has 0 aliphatic rings. The molecule has 0 saturated carbocycles. The summed E-state index contributed by atoms with van der Waals surface area (Å²) in [6, 6.07) is 8.62. The van der Waals surface area contributed by atoms with Crippen LogP contribution < -0.4 is 10.1 Å². The average Bonchev–Trinajstić information content (AvgIpc) is 2.36. The van der Waals surface area contributed by atoms with E-state index >= 15 is 0 Å². The summed E-state index contributed by atoms with van der Waals surface area (Å²) in [5, 5.41) is 3.46. The van der Waals surface area contributed by atoms with Gasteiger partial charge in [-0.3, -0.25) is 0 Å². The zero-order valence-corrected chi connectivity index (χ0v) is 11.0. The lowest BCUT2D eigenvalue weighted by atomic mass is 10.1. The van der Waals surface area contributed by atoms with Crippen molar-refractivity contribution in [1.82, 2.24) is 5.32 Å². The van der Waals surface area contributed by atoms with Crippen molar-refractivity contribution in [3.63, 3.8) is 0 Å². The molecule has 0 aromatic heterocycles. The summed E-state index contributed by atoms with van der Waals surface area (Å²) in [4.78, 5) is 0. The average molecular weight is 237 g/mol. The number of hydrogen-bond acceptors (Lipinski definition) is 3. The monoisotopic (exact) mass is 237 g/mol. The van der Waals surface area contributed by atoms with E-state index in [0.29, 0.717) is 12.6 Å². The molecule has 0 fully saturated rings. The van der Waals surface area contributed by atoms with Crippen LogP contribution in [0.1, 0.15) is 31.9 Å². The molecule has 1 atom stereocenters. The van der Waals surface area contributed by atoms with Gasteiger partial charge >= 0.3 is 0 Å². The largest absolute Gasteiger partial charge is 0.494 e. The Morgan fingerprint density at radius 2 is 1.94 bits per heavy atom. The summed E-state index contributed by atoms with van der Waals surface area (Å²) in [5.74, 6) is 0.933. The highest BCUT2D eigenvalue weighted by Crippen LogP contribution is 2.17. The van der Waals surface area contributed by atoms with Gasteiger partial charge < -0.3 is 14.8 Å². The molecule has 0 aliphatic heterocycles. The van der Waals surface area contributed by atoms with Gasteiger partial charge in [-0.2, -0.15) is 0 Å². The van der Waals surface area contributed by atoms with Gasteiger partial charge in [0.05, 0.1) is 6.61 Å². The quantitative estimate of drug-likeness (QED) is 0.705. The molecule has 1 rings (SSSR count). The molecule has 3 heteroatoms. The highest BCUT2D eigenvalue weighted by atomic mass is 16.5. The van der Waals surface area contributed by atoms with E-state index in [9.17, 15) is 0 Å². The molecule has 0 unspecified atom stereocenters. The summed E-state index contributed by atoms with van der Waals surface area (Å²) in [6.07, 6.45) is 1.04. The van der Waals surface area contributed by atoms with Gasteiger partial charge in [0, 0.05) is 19.8 Å². The fraction of sp³-hybridized carbons (Fsp3) is 0.571. The molecular weight excluding hydrogens is 214 g/mol. The van der Waals surface area contributed by atoms with Gasteiger partial charge in [0.1, 0.15) is 5.75 Å². The Hall–Kier alpha value is -1.06. The maximum absolute atomic E-state index is 5.42. The number of ether oxygens (including phenoxy) is 2. The second-order valence-electron chi connectivity index (χ2n) is 4.02. The third-order valence-corrected chi connectivity index (χ3v) is 2.67. The van der Waals surface area contributed by atoms with E-state index in [-0.39, 0.29) is 0 Å². The molecule has 0 radical (unpaired) electrons. The summed E-state index contributed by atoms with van der Waals surface area (Å²) >= 11 is 0. The predicted molar refractivity (Wildman–Crippen MR) is 70.5 cm³/mol. The fourth-order valence-corrected chi connectivity index (χ4v) is 1.67. The zero-order valence-electron chi connectivity index (χ0n) is 11.0. The van der Waals surface area contributed by atoms with Crippen molar-refractivity contribution in [3.8, 4) is 5.75 Å². The van der Waals surface area contributed by atoms with E-state index < -0.39 is 0 Å². The first kappa shape index (κ1) is 14.0. The third-order valence-electron chi connectivity index (χ3n) is 2.67. The molecular formula is C14H23NO2. The molecule has 1 aromatic rings. The standard InChI is InChI=1S/C14H23NO2/c1-4-17-14-8-6-13(7-9-14)12(2)15-10-5-11-16-3/h6-9,12,15H,4-5,10-11H2,1-3H3/t12-/m0/s1. The van der Waals surface area contributed by atoms with E-state index in [4.69, 9.17) is 9.47 Å². The minimum atomic E-state index is 0.363. The maximum atomic E-state index is 5.42. The SMILES string of the molecule is CCOc1ccc([C@H](C)NCCCOC)cc1. The third kappa shape index (κ3) is 5.20. The van der Waals surface area contributed by atoms with Crippen LogP contribution in [0, 0.1) is 0 Å². The molecule has 0 spiro atoms. The minimum absolute atomic E-state index is 0.363. The molecule has 96 valence electrons. The number of hydrogen-bond donors (Lipinski definition) is 1. The van der Waals surface area contributed by atoms with E-state index in [1.807, 2.05) is 19.1 Å².